The molecule has 0 N–H and O–H groups in total. The molecule has 0 aliphatic carbocycles. The van der Waals surface area contributed by atoms with Crippen molar-refractivity contribution in [3.05, 3.63) is 58.2 Å². The Kier molecular flexibility index (Phi) is 4.09. The summed E-state index contributed by atoms with van der Waals surface area (Å²) < 4.78 is 10.7. The Morgan fingerprint density at radius 1 is 1.15 bits per heavy atom. The fourth-order valence-electron chi connectivity index (χ4n) is 3.00. The zero-order valence-corrected chi connectivity index (χ0v) is 15.7. The van der Waals surface area contributed by atoms with Gasteiger partial charge in [0.2, 0.25) is 6.79 Å². The predicted molar refractivity (Wildman–Crippen MR) is 105 cm³/mol. The van der Waals surface area contributed by atoms with Crippen LogP contribution in [-0.2, 0) is 4.79 Å². The summed E-state index contributed by atoms with van der Waals surface area (Å²) in [6.45, 7) is 2.11. The molecule has 0 spiro atoms. The summed E-state index contributed by atoms with van der Waals surface area (Å²) in [6, 6.07) is 10.9. The van der Waals surface area contributed by atoms with E-state index in [1.807, 2.05) is 31.2 Å². The van der Waals surface area contributed by atoms with E-state index >= 15 is 0 Å². The molecule has 2 aliphatic heterocycles. The number of anilines is 1. The third kappa shape index (κ3) is 2.71. The Labute approximate surface area is 161 Å². The maximum atomic E-state index is 13.0. The molecule has 2 aromatic rings. The van der Waals surface area contributed by atoms with E-state index in [0.717, 1.165) is 16.8 Å². The van der Waals surface area contributed by atoms with E-state index in [1.54, 1.807) is 30.2 Å². The first-order valence-corrected chi connectivity index (χ1v) is 8.74. The number of aryl methyl sites for hydroxylation is 1. The summed E-state index contributed by atoms with van der Waals surface area (Å²) in [7, 11) is 1.78. The van der Waals surface area contributed by atoms with E-state index in [2.05, 4.69) is 0 Å². The van der Waals surface area contributed by atoms with Crippen LogP contribution in [0.25, 0.3) is 6.08 Å². The normalized spacial score (nSPS) is 17.6. The lowest BCUT2D eigenvalue weighted by Gasteiger charge is -2.18. The molecule has 2 heterocycles. The number of halogens is 1. The van der Waals surface area contributed by atoms with Crippen LogP contribution in [-0.4, -0.2) is 29.8 Å². The molecular formula is C19H15ClN2O3S. The van der Waals surface area contributed by atoms with Crippen LogP contribution in [0.2, 0.25) is 5.02 Å². The van der Waals surface area contributed by atoms with Gasteiger partial charge in [0.1, 0.15) is 5.70 Å². The molecule has 5 nitrogen and oxygen atoms in total. The predicted octanol–water partition coefficient (Wildman–Crippen LogP) is 3.98. The summed E-state index contributed by atoms with van der Waals surface area (Å²) in [6.07, 6.45) is 1.79. The fraction of sp³-hybridized carbons (Fsp3) is 0.158. The summed E-state index contributed by atoms with van der Waals surface area (Å²) >= 11 is 11.5. The molecule has 0 radical (unpaired) electrons. The highest BCUT2D eigenvalue weighted by Gasteiger charge is 2.37. The number of benzene rings is 2. The second-order valence-electron chi connectivity index (χ2n) is 6.06. The van der Waals surface area contributed by atoms with Crippen molar-refractivity contribution in [3.63, 3.8) is 0 Å². The lowest BCUT2D eigenvalue weighted by atomic mass is 10.1. The van der Waals surface area contributed by atoms with Crippen molar-refractivity contribution in [1.29, 1.82) is 0 Å². The van der Waals surface area contributed by atoms with Gasteiger partial charge in [0.25, 0.3) is 5.91 Å². The number of hydrogen-bond donors (Lipinski definition) is 0. The van der Waals surface area contributed by atoms with Crippen molar-refractivity contribution < 1.29 is 14.3 Å². The fourth-order valence-corrected chi connectivity index (χ4v) is 3.51. The SMILES string of the molecule is Cc1cc(Cl)ccc1N1C(=O)/C(=C\c2ccc3c(c2)OCO3)N(C)C1=S. The highest BCUT2D eigenvalue weighted by molar-refractivity contribution is 7.80. The van der Waals surface area contributed by atoms with Crippen molar-refractivity contribution in [2.24, 2.45) is 0 Å². The quantitative estimate of drug-likeness (QED) is 0.577. The Morgan fingerprint density at radius 3 is 2.69 bits per heavy atom. The molecule has 0 unspecified atom stereocenters. The molecule has 1 fully saturated rings. The molecule has 132 valence electrons. The minimum Gasteiger partial charge on any atom is -0.454 e. The Balaban J connectivity index is 1.72. The average molecular weight is 387 g/mol. The molecule has 1 saturated heterocycles. The van der Waals surface area contributed by atoms with Crippen LogP contribution in [0, 0.1) is 6.92 Å². The number of ether oxygens (including phenoxy) is 2. The topological polar surface area (TPSA) is 42.0 Å². The van der Waals surface area contributed by atoms with Crippen LogP contribution in [0.3, 0.4) is 0 Å². The van der Waals surface area contributed by atoms with Gasteiger partial charge in [0, 0.05) is 12.1 Å². The zero-order chi connectivity index (χ0) is 18.4. The van der Waals surface area contributed by atoms with Crippen LogP contribution < -0.4 is 14.4 Å². The van der Waals surface area contributed by atoms with Crippen LogP contribution in [0.5, 0.6) is 11.5 Å². The number of amides is 1. The molecule has 0 saturated carbocycles. The van der Waals surface area contributed by atoms with Crippen LogP contribution in [0.1, 0.15) is 11.1 Å². The summed E-state index contributed by atoms with van der Waals surface area (Å²) in [4.78, 5) is 16.3. The molecule has 2 aromatic carbocycles. The molecule has 0 aromatic heterocycles. The van der Waals surface area contributed by atoms with Gasteiger partial charge >= 0.3 is 0 Å². The maximum absolute atomic E-state index is 13.0. The van der Waals surface area contributed by atoms with Crippen molar-refractivity contribution in [1.82, 2.24) is 4.90 Å². The number of rotatable bonds is 2. The van der Waals surface area contributed by atoms with E-state index in [-0.39, 0.29) is 12.7 Å². The largest absolute Gasteiger partial charge is 0.454 e. The zero-order valence-electron chi connectivity index (χ0n) is 14.2. The number of hydrogen-bond acceptors (Lipinski definition) is 4. The van der Waals surface area contributed by atoms with Gasteiger partial charge in [-0.05, 0) is 66.7 Å². The molecule has 0 atom stereocenters. The van der Waals surface area contributed by atoms with Crippen molar-refractivity contribution in [2.45, 2.75) is 6.92 Å². The van der Waals surface area contributed by atoms with Crippen LogP contribution >= 0.6 is 23.8 Å². The number of carbonyl (C=O) groups is 1. The van der Waals surface area contributed by atoms with E-state index in [1.165, 1.54) is 4.90 Å². The first-order chi connectivity index (χ1) is 12.5. The van der Waals surface area contributed by atoms with Gasteiger partial charge in [0.15, 0.2) is 16.6 Å². The van der Waals surface area contributed by atoms with Crippen molar-refractivity contribution in [2.75, 3.05) is 18.7 Å². The Bertz CT molecular complexity index is 973. The minimum absolute atomic E-state index is 0.180. The highest BCUT2D eigenvalue weighted by Crippen LogP contribution is 2.35. The van der Waals surface area contributed by atoms with Crippen LogP contribution in [0.4, 0.5) is 5.69 Å². The number of thiocarbonyl (C=S) groups is 1. The molecule has 0 bridgehead atoms. The smallest absolute Gasteiger partial charge is 0.281 e. The summed E-state index contributed by atoms with van der Waals surface area (Å²) in [5.41, 5.74) is 2.93. The van der Waals surface area contributed by atoms with Crippen molar-refractivity contribution in [3.8, 4) is 11.5 Å². The molecular weight excluding hydrogens is 372 g/mol. The monoisotopic (exact) mass is 386 g/mol. The molecule has 4 rings (SSSR count). The molecule has 7 heteroatoms. The lowest BCUT2D eigenvalue weighted by molar-refractivity contribution is -0.114. The maximum Gasteiger partial charge on any atom is 0.281 e. The van der Waals surface area contributed by atoms with E-state index in [4.69, 9.17) is 33.3 Å². The number of carbonyl (C=O) groups excluding carboxylic acids is 1. The summed E-state index contributed by atoms with van der Waals surface area (Å²) in [5.74, 6) is 1.19. The average Bonchev–Trinajstić information content (AvgIpc) is 3.15. The molecule has 26 heavy (non-hydrogen) atoms. The number of nitrogens with zero attached hydrogens (tertiary/aromatic N) is 2. The second kappa shape index (κ2) is 6.30. The van der Waals surface area contributed by atoms with E-state index in [9.17, 15) is 4.79 Å². The highest BCUT2D eigenvalue weighted by atomic mass is 35.5. The van der Waals surface area contributed by atoms with Gasteiger partial charge in [-0.25, -0.2) is 0 Å². The number of fused-ring (bicyclic) bond motifs is 1. The van der Waals surface area contributed by atoms with Gasteiger partial charge < -0.3 is 14.4 Å². The van der Waals surface area contributed by atoms with E-state index in [0.29, 0.717) is 27.3 Å². The van der Waals surface area contributed by atoms with E-state index < -0.39 is 0 Å². The van der Waals surface area contributed by atoms with Gasteiger partial charge in [-0.2, -0.15) is 0 Å². The Hall–Kier alpha value is -2.57. The third-order valence-electron chi connectivity index (χ3n) is 4.36. The van der Waals surface area contributed by atoms with Gasteiger partial charge in [0.05, 0.1) is 5.69 Å². The van der Waals surface area contributed by atoms with Crippen LogP contribution in [0.15, 0.2) is 42.1 Å². The Morgan fingerprint density at radius 2 is 1.92 bits per heavy atom. The third-order valence-corrected chi connectivity index (χ3v) is 5.05. The first kappa shape index (κ1) is 16.9. The van der Waals surface area contributed by atoms with Gasteiger partial charge in [-0.15, -0.1) is 0 Å². The van der Waals surface area contributed by atoms with Crippen molar-refractivity contribution >= 4 is 46.6 Å². The summed E-state index contributed by atoms with van der Waals surface area (Å²) in [5, 5.41) is 1.04. The lowest BCUT2D eigenvalue weighted by Crippen LogP contribution is -2.31. The van der Waals surface area contributed by atoms with Gasteiger partial charge in [-0.3, -0.25) is 9.69 Å². The first-order valence-electron chi connectivity index (χ1n) is 7.95. The molecule has 1 amide bonds. The standard InChI is InChI=1S/C19H15ClN2O3S/c1-11-7-13(20)4-5-14(11)22-18(23)15(21(2)19(22)26)8-12-3-6-16-17(9-12)25-10-24-16/h3-9H,10H2,1-2H3/b15-8+. The number of likely N-dealkylation sites (N-methyl/N-ethyl adjacent to an activating group) is 1. The van der Waals surface area contributed by atoms with Gasteiger partial charge in [-0.1, -0.05) is 17.7 Å². The minimum atomic E-state index is -0.180. The second-order valence-corrected chi connectivity index (χ2v) is 6.86. The molecule has 2 aliphatic rings.